The first kappa shape index (κ1) is 18.7. The molecule has 1 aromatic heterocycles. The molecule has 0 saturated carbocycles. The van der Waals surface area contributed by atoms with Crippen LogP contribution in [0.5, 0.6) is 5.75 Å². The lowest BCUT2D eigenvalue weighted by atomic mass is 10.1. The highest BCUT2D eigenvalue weighted by Crippen LogP contribution is 2.33. The minimum atomic E-state index is -0.371. The van der Waals surface area contributed by atoms with Crippen molar-refractivity contribution in [3.8, 4) is 5.75 Å². The lowest BCUT2D eigenvalue weighted by Crippen LogP contribution is -2.17. The second-order valence-corrected chi connectivity index (χ2v) is 8.05. The quantitative estimate of drug-likeness (QED) is 0.295. The Hall–Kier alpha value is -2.64. The van der Waals surface area contributed by atoms with Crippen LogP contribution in [0.4, 0.5) is 0 Å². The molecule has 0 unspecified atom stereocenters. The molecule has 0 aliphatic rings. The van der Waals surface area contributed by atoms with E-state index in [0.29, 0.717) is 14.5 Å². The van der Waals surface area contributed by atoms with Crippen molar-refractivity contribution >= 4 is 65.8 Å². The van der Waals surface area contributed by atoms with Crippen molar-refractivity contribution in [1.82, 2.24) is 9.99 Å². The molecule has 3 aromatic carbocycles. The average Bonchev–Trinajstić information content (AvgIpc) is 2.98. The van der Waals surface area contributed by atoms with E-state index in [2.05, 4.69) is 65.2 Å². The highest BCUT2D eigenvalue weighted by Gasteiger charge is 2.11. The standard InChI is InChI=1S/C21H15Br2N3O2/c1-26-18-5-3-2-4-14(18)15-8-12(6-7-19(15)26)11-24-25-21(28)13-9-16(22)20(27)17(23)10-13/h2-11,27H,1H3,(H,25,28). The molecule has 140 valence electrons. The minimum Gasteiger partial charge on any atom is -0.506 e. The predicted molar refractivity (Wildman–Crippen MR) is 119 cm³/mol. The maximum atomic E-state index is 12.3. The molecule has 4 rings (SSSR count). The van der Waals surface area contributed by atoms with E-state index in [-0.39, 0.29) is 11.7 Å². The highest BCUT2D eigenvalue weighted by molar-refractivity contribution is 9.11. The van der Waals surface area contributed by atoms with Crippen molar-refractivity contribution in [2.24, 2.45) is 12.1 Å². The van der Waals surface area contributed by atoms with Gasteiger partial charge in [0.2, 0.25) is 0 Å². The van der Waals surface area contributed by atoms with Gasteiger partial charge in [-0.1, -0.05) is 24.3 Å². The number of phenols is 1. The zero-order valence-electron chi connectivity index (χ0n) is 14.8. The van der Waals surface area contributed by atoms with Crippen molar-refractivity contribution < 1.29 is 9.90 Å². The van der Waals surface area contributed by atoms with Gasteiger partial charge in [0.25, 0.3) is 5.91 Å². The summed E-state index contributed by atoms with van der Waals surface area (Å²) in [7, 11) is 2.05. The Morgan fingerprint density at radius 3 is 2.46 bits per heavy atom. The zero-order valence-corrected chi connectivity index (χ0v) is 18.0. The number of phenolic OH excluding ortho intramolecular Hbond substituents is 1. The van der Waals surface area contributed by atoms with E-state index in [1.165, 1.54) is 23.0 Å². The van der Waals surface area contributed by atoms with Gasteiger partial charge in [-0.15, -0.1) is 0 Å². The third kappa shape index (κ3) is 3.31. The first-order chi connectivity index (χ1) is 13.5. The molecule has 0 saturated heterocycles. The number of nitrogens with one attached hydrogen (secondary N) is 1. The van der Waals surface area contributed by atoms with Crippen molar-refractivity contribution in [2.45, 2.75) is 0 Å². The van der Waals surface area contributed by atoms with Crippen molar-refractivity contribution in [1.29, 1.82) is 0 Å². The van der Waals surface area contributed by atoms with E-state index in [9.17, 15) is 9.90 Å². The fourth-order valence-corrected chi connectivity index (χ4v) is 4.38. The Labute approximate surface area is 177 Å². The van der Waals surface area contributed by atoms with Gasteiger partial charge >= 0.3 is 0 Å². The van der Waals surface area contributed by atoms with Crippen LogP contribution in [0.2, 0.25) is 0 Å². The lowest BCUT2D eigenvalue weighted by molar-refractivity contribution is 0.0955. The van der Waals surface area contributed by atoms with Gasteiger partial charge in [-0.05, 0) is 67.8 Å². The molecule has 0 bridgehead atoms. The summed E-state index contributed by atoms with van der Waals surface area (Å²) < 4.78 is 3.02. The number of carbonyl (C=O) groups is 1. The van der Waals surface area contributed by atoms with E-state index < -0.39 is 0 Å². The third-order valence-corrected chi connectivity index (χ3v) is 5.81. The van der Waals surface area contributed by atoms with Crippen LogP contribution < -0.4 is 5.43 Å². The number of halogens is 2. The molecule has 28 heavy (non-hydrogen) atoms. The fraction of sp³-hybridized carbons (Fsp3) is 0.0476. The van der Waals surface area contributed by atoms with E-state index in [4.69, 9.17) is 0 Å². The average molecular weight is 501 g/mol. The topological polar surface area (TPSA) is 66.6 Å². The molecule has 7 heteroatoms. The van der Waals surface area contributed by atoms with Gasteiger partial charge in [-0.3, -0.25) is 4.79 Å². The molecular formula is C21H15Br2N3O2. The molecule has 0 atom stereocenters. The first-order valence-corrected chi connectivity index (χ1v) is 10.0. The van der Waals surface area contributed by atoms with Crippen LogP contribution in [0.25, 0.3) is 21.8 Å². The normalized spacial score (nSPS) is 11.5. The van der Waals surface area contributed by atoms with Gasteiger partial charge in [-0.2, -0.15) is 5.10 Å². The van der Waals surface area contributed by atoms with Crippen molar-refractivity contribution in [3.05, 3.63) is 74.7 Å². The number of amides is 1. The largest absolute Gasteiger partial charge is 0.506 e. The maximum Gasteiger partial charge on any atom is 0.271 e. The number of hydrazone groups is 1. The molecule has 0 aliphatic heterocycles. The summed E-state index contributed by atoms with van der Waals surface area (Å²) in [5.74, 6) is -0.327. The number of nitrogens with zero attached hydrogens (tertiary/aromatic N) is 2. The number of aromatic nitrogens is 1. The molecule has 5 nitrogen and oxygen atoms in total. The van der Waals surface area contributed by atoms with Gasteiger partial charge < -0.3 is 9.67 Å². The molecule has 1 heterocycles. The summed E-state index contributed by atoms with van der Waals surface area (Å²) in [5.41, 5.74) is 6.08. The Morgan fingerprint density at radius 1 is 1.04 bits per heavy atom. The smallest absolute Gasteiger partial charge is 0.271 e. The van der Waals surface area contributed by atoms with Crippen LogP contribution >= 0.6 is 31.9 Å². The lowest BCUT2D eigenvalue weighted by Gasteiger charge is -2.04. The maximum absolute atomic E-state index is 12.3. The molecule has 0 radical (unpaired) electrons. The second kappa shape index (κ2) is 7.41. The van der Waals surface area contributed by atoms with E-state index in [1.54, 1.807) is 6.21 Å². The number of benzene rings is 3. The monoisotopic (exact) mass is 499 g/mol. The third-order valence-electron chi connectivity index (χ3n) is 4.60. The SMILES string of the molecule is Cn1c2ccccc2c2cc(C=NNC(=O)c3cc(Br)c(O)c(Br)c3)ccc21. The molecule has 0 spiro atoms. The van der Waals surface area contributed by atoms with Crippen LogP contribution in [0.3, 0.4) is 0 Å². The predicted octanol–water partition coefficient (Wildman–Crippen LogP) is 5.33. The number of carbonyl (C=O) groups excluding carboxylic acids is 1. The number of aryl methyl sites for hydroxylation is 1. The summed E-state index contributed by atoms with van der Waals surface area (Å²) in [6.07, 6.45) is 1.61. The number of fused-ring (bicyclic) bond motifs is 3. The van der Waals surface area contributed by atoms with Crippen molar-refractivity contribution in [3.63, 3.8) is 0 Å². The summed E-state index contributed by atoms with van der Waals surface area (Å²) >= 11 is 6.43. The van der Waals surface area contributed by atoms with E-state index in [0.717, 1.165) is 16.5 Å². The van der Waals surface area contributed by atoms with E-state index >= 15 is 0 Å². The zero-order chi connectivity index (χ0) is 19.8. The van der Waals surface area contributed by atoms with Gasteiger partial charge in [0.15, 0.2) is 0 Å². The summed E-state index contributed by atoms with van der Waals surface area (Å²) in [6, 6.07) is 17.4. The van der Waals surface area contributed by atoms with Crippen LogP contribution in [0.15, 0.2) is 68.6 Å². The summed E-state index contributed by atoms with van der Waals surface area (Å²) in [4.78, 5) is 12.3. The van der Waals surface area contributed by atoms with Gasteiger partial charge in [0, 0.05) is 34.4 Å². The molecular weight excluding hydrogens is 486 g/mol. The van der Waals surface area contributed by atoms with Gasteiger partial charge in [-0.25, -0.2) is 5.43 Å². The first-order valence-electron chi connectivity index (χ1n) is 8.44. The number of rotatable bonds is 3. The second-order valence-electron chi connectivity index (χ2n) is 6.34. The number of aromatic hydroxyl groups is 1. The van der Waals surface area contributed by atoms with Crippen LogP contribution in [0, 0.1) is 0 Å². The Kier molecular flexibility index (Phi) is 4.95. The molecule has 0 fully saturated rings. The summed E-state index contributed by atoms with van der Waals surface area (Å²) in [5, 5.41) is 16.1. The Bertz CT molecular complexity index is 1240. The van der Waals surface area contributed by atoms with Crippen LogP contribution in [-0.4, -0.2) is 21.8 Å². The van der Waals surface area contributed by atoms with Crippen molar-refractivity contribution in [2.75, 3.05) is 0 Å². The highest BCUT2D eigenvalue weighted by atomic mass is 79.9. The summed E-state index contributed by atoms with van der Waals surface area (Å²) in [6.45, 7) is 0. The number of hydrogen-bond donors (Lipinski definition) is 2. The van der Waals surface area contributed by atoms with Crippen LogP contribution in [-0.2, 0) is 7.05 Å². The fourth-order valence-electron chi connectivity index (χ4n) is 3.19. The molecule has 0 aliphatic carbocycles. The van der Waals surface area contributed by atoms with Gasteiger partial charge in [0.1, 0.15) is 5.75 Å². The molecule has 4 aromatic rings. The van der Waals surface area contributed by atoms with Crippen LogP contribution in [0.1, 0.15) is 15.9 Å². The minimum absolute atomic E-state index is 0.0449. The van der Waals surface area contributed by atoms with Gasteiger partial charge in [0.05, 0.1) is 15.2 Å². The Balaban J connectivity index is 1.59. The Morgan fingerprint density at radius 2 is 1.71 bits per heavy atom. The van der Waals surface area contributed by atoms with E-state index in [1.807, 2.05) is 31.3 Å². The molecule has 1 amide bonds. The number of para-hydroxylation sites is 1. The number of hydrogen-bond acceptors (Lipinski definition) is 3. The molecule has 2 N–H and O–H groups in total.